The summed E-state index contributed by atoms with van der Waals surface area (Å²) >= 11 is 0. The lowest BCUT2D eigenvalue weighted by Gasteiger charge is -2.36. The third kappa shape index (κ3) is 3.50. The molecule has 7 nitrogen and oxygen atoms in total. The number of piperazine rings is 1. The van der Waals surface area contributed by atoms with Gasteiger partial charge in [-0.05, 0) is 29.8 Å². The van der Waals surface area contributed by atoms with Gasteiger partial charge < -0.3 is 14.6 Å². The highest BCUT2D eigenvalue weighted by molar-refractivity contribution is 7.88. The van der Waals surface area contributed by atoms with Crippen LogP contribution in [0.3, 0.4) is 0 Å². The molecule has 1 atom stereocenters. The van der Waals surface area contributed by atoms with Crippen molar-refractivity contribution in [3.05, 3.63) is 53.5 Å². The van der Waals surface area contributed by atoms with Gasteiger partial charge in [0.15, 0.2) is 5.76 Å². The van der Waals surface area contributed by atoms with Crippen molar-refractivity contribution in [3.63, 3.8) is 0 Å². The van der Waals surface area contributed by atoms with E-state index in [1.807, 2.05) is 0 Å². The van der Waals surface area contributed by atoms with Crippen LogP contribution in [-0.4, -0.2) is 57.3 Å². The van der Waals surface area contributed by atoms with Gasteiger partial charge in [0.1, 0.15) is 5.82 Å². The summed E-state index contributed by atoms with van der Waals surface area (Å²) in [4.78, 5) is 14.4. The predicted molar refractivity (Wildman–Crippen MR) is 92.6 cm³/mol. The maximum absolute atomic E-state index is 13.6. The van der Waals surface area contributed by atoms with Crippen molar-refractivity contribution in [2.45, 2.75) is 11.1 Å². The molecular formula is C17H20FN3O4S. The average Bonchev–Trinajstić information content (AvgIpc) is 3.12. The Bertz CT molecular complexity index is 910. The van der Waals surface area contributed by atoms with Crippen molar-refractivity contribution in [1.82, 2.24) is 14.5 Å². The van der Waals surface area contributed by atoms with Gasteiger partial charge in [0.2, 0.25) is 5.09 Å². The van der Waals surface area contributed by atoms with E-state index in [1.165, 1.54) is 38.4 Å². The molecule has 1 aromatic carbocycles. The summed E-state index contributed by atoms with van der Waals surface area (Å²) in [6.45, 7) is 1.45. The molecule has 140 valence electrons. The van der Waals surface area contributed by atoms with Crippen molar-refractivity contribution in [3.8, 4) is 0 Å². The molecule has 0 radical (unpaired) electrons. The minimum Gasteiger partial charge on any atom is -0.438 e. The Morgan fingerprint density at radius 1 is 1.31 bits per heavy atom. The van der Waals surface area contributed by atoms with Crippen LogP contribution < -0.4 is 5.32 Å². The molecular weight excluding hydrogens is 361 g/mol. The highest BCUT2D eigenvalue weighted by Gasteiger charge is 2.32. The first-order valence-electron chi connectivity index (χ1n) is 8.10. The first kappa shape index (κ1) is 18.6. The number of benzene rings is 1. The van der Waals surface area contributed by atoms with Crippen LogP contribution in [0.2, 0.25) is 0 Å². The zero-order valence-electron chi connectivity index (χ0n) is 14.5. The van der Waals surface area contributed by atoms with Crippen LogP contribution >= 0.6 is 0 Å². The van der Waals surface area contributed by atoms with E-state index >= 15 is 0 Å². The van der Waals surface area contributed by atoms with Crippen LogP contribution in [0.1, 0.15) is 22.2 Å². The van der Waals surface area contributed by atoms with Crippen LogP contribution in [-0.2, 0) is 10.0 Å². The van der Waals surface area contributed by atoms with Gasteiger partial charge in [0.25, 0.3) is 15.9 Å². The molecule has 1 amide bonds. The van der Waals surface area contributed by atoms with Crippen LogP contribution in [0, 0.1) is 5.82 Å². The Labute approximate surface area is 151 Å². The van der Waals surface area contributed by atoms with Gasteiger partial charge in [-0.2, -0.15) is 0 Å². The first-order valence-corrected chi connectivity index (χ1v) is 9.54. The maximum Gasteiger partial charge on any atom is 0.290 e. The molecule has 1 aliphatic heterocycles. The fourth-order valence-electron chi connectivity index (χ4n) is 2.85. The van der Waals surface area contributed by atoms with Crippen molar-refractivity contribution in [2.75, 3.05) is 33.7 Å². The smallest absolute Gasteiger partial charge is 0.290 e. The van der Waals surface area contributed by atoms with Crippen molar-refractivity contribution >= 4 is 15.9 Å². The number of furan rings is 1. The monoisotopic (exact) mass is 381 g/mol. The molecule has 1 unspecified atom stereocenters. The highest BCUT2D eigenvalue weighted by atomic mass is 32.2. The lowest BCUT2D eigenvalue weighted by molar-refractivity contribution is 0.0595. The molecule has 26 heavy (non-hydrogen) atoms. The molecule has 1 aliphatic rings. The Balaban J connectivity index is 1.89. The van der Waals surface area contributed by atoms with E-state index in [0.29, 0.717) is 25.2 Å². The van der Waals surface area contributed by atoms with E-state index in [9.17, 15) is 17.6 Å². The number of nitrogens with one attached hydrogen (secondary N) is 1. The lowest BCUT2D eigenvalue weighted by atomic mass is 10.0. The van der Waals surface area contributed by atoms with Crippen LogP contribution in [0.25, 0.3) is 0 Å². The van der Waals surface area contributed by atoms with Gasteiger partial charge in [0.05, 0.1) is 6.04 Å². The number of nitrogens with zero attached hydrogens (tertiary/aromatic N) is 2. The Hall–Kier alpha value is -2.23. The third-order valence-corrected chi connectivity index (χ3v) is 5.95. The number of carbonyl (C=O) groups is 1. The van der Waals surface area contributed by atoms with Crippen molar-refractivity contribution < 1.29 is 22.0 Å². The van der Waals surface area contributed by atoms with Crippen LogP contribution in [0.15, 0.2) is 45.9 Å². The number of hydrogen-bond acceptors (Lipinski definition) is 5. The molecule has 9 heteroatoms. The molecule has 1 N–H and O–H groups in total. The number of sulfonamides is 1. The fourth-order valence-corrected chi connectivity index (χ4v) is 3.65. The van der Waals surface area contributed by atoms with E-state index in [4.69, 9.17) is 4.42 Å². The normalized spacial score (nSPS) is 18.3. The molecule has 3 rings (SSSR count). The Morgan fingerprint density at radius 2 is 2.08 bits per heavy atom. The summed E-state index contributed by atoms with van der Waals surface area (Å²) in [7, 11) is -0.989. The standard InChI is InChI=1S/C17H20FN3O4S/c1-20(2)26(23,24)16-7-6-15(25-16)17(22)21-9-8-19-11-14(21)12-4-3-5-13(18)10-12/h3-7,10,14,19H,8-9,11H2,1-2H3. The number of carbonyl (C=O) groups excluding carboxylic acids is 1. The lowest BCUT2D eigenvalue weighted by Crippen LogP contribution is -2.48. The number of rotatable bonds is 4. The number of halogens is 1. The highest BCUT2D eigenvalue weighted by Crippen LogP contribution is 2.26. The van der Waals surface area contributed by atoms with Crippen molar-refractivity contribution in [2.24, 2.45) is 0 Å². The molecule has 1 saturated heterocycles. The molecule has 0 bridgehead atoms. The second kappa shape index (κ2) is 7.18. The largest absolute Gasteiger partial charge is 0.438 e. The van der Waals surface area contributed by atoms with E-state index in [1.54, 1.807) is 17.0 Å². The average molecular weight is 381 g/mol. The maximum atomic E-state index is 13.6. The SMILES string of the molecule is CN(C)S(=O)(=O)c1ccc(C(=O)N2CCNCC2c2cccc(F)c2)o1. The molecule has 0 spiro atoms. The number of amides is 1. The van der Waals surface area contributed by atoms with Crippen LogP contribution in [0.4, 0.5) is 4.39 Å². The zero-order valence-corrected chi connectivity index (χ0v) is 15.3. The Kier molecular flexibility index (Phi) is 5.12. The van der Waals surface area contributed by atoms with Crippen molar-refractivity contribution in [1.29, 1.82) is 0 Å². The topological polar surface area (TPSA) is 82.9 Å². The van der Waals surface area contributed by atoms with E-state index in [2.05, 4.69) is 5.32 Å². The predicted octanol–water partition coefficient (Wildman–Crippen LogP) is 1.46. The Morgan fingerprint density at radius 3 is 2.77 bits per heavy atom. The molecule has 1 fully saturated rings. The van der Waals surface area contributed by atoms with Crippen LogP contribution in [0.5, 0.6) is 0 Å². The summed E-state index contributed by atoms with van der Waals surface area (Å²) in [5.74, 6) is -0.868. The van der Waals surface area contributed by atoms with Gasteiger partial charge in [-0.15, -0.1) is 0 Å². The minimum absolute atomic E-state index is 0.0614. The molecule has 2 aromatic rings. The molecule has 2 heterocycles. The van der Waals surface area contributed by atoms with Gasteiger partial charge in [0, 0.05) is 33.7 Å². The zero-order chi connectivity index (χ0) is 18.9. The summed E-state index contributed by atoms with van der Waals surface area (Å²) in [6.07, 6.45) is 0. The third-order valence-electron chi connectivity index (χ3n) is 4.26. The fraction of sp³-hybridized carbons (Fsp3) is 0.353. The summed E-state index contributed by atoms with van der Waals surface area (Å²) in [5.41, 5.74) is 0.665. The second-order valence-electron chi connectivity index (χ2n) is 6.18. The number of hydrogen-bond donors (Lipinski definition) is 1. The molecule has 1 aromatic heterocycles. The van der Waals surface area contributed by atoms with Gasteiger partial charge in [-0.1, -0.05) is 12.1 Å². The van der Waals surface area contributed by atoms with Gasteiger partial charge in [-0.25, -0.2) is 17.1 Å². The summed E-state index contributed by atoms with van der Waals surface area (Å²) in [5, 5.41) is 2.90. The van der Waals surface area contributed by atoms with E-state index in [-0.39, 0.29) is 22.7 Å². The summed E-state index contributed by atoms with van der Waals surface area (Å²) < 4.78 is 44.1. The molecule has 0 aliphatic carbocycles. The minimum atomic E-state index is -3.76. The quantitative estimate of drug-likeness (QED) is 0.867. The van der Waals surface area contributed by atoms with E-state index in [0.717, 1.165) is 4.31 Å². The van der Waals surface area contributed by atoms with Gasteiger partial charge in [-0.3, -0.25) is 4.79 Å². The first-order chi connectivity index (χ1) is 12.3. The van der Waals surface area contributed by atoms with Gasteiger partial charge >= 0.3 is 0 Å². The molecule has 0 saturated carbocycles. The summed E-state index contributed by atoms with van der Waals surface area (Å²) in [6, 6.07) is 8.33. The van der Waals surface area contributed by atoms with E-state index < -0.39 is 15.9 Å². The second-order valence-corrected chi connectivity index (χ2v) is 8.26.